The molecule has 3 aromatic rings. The standard InChI is InChI=1S/C16H10FN3O/c17-11-3-6-13-14(9-19-15(13)7-11)16(21)20-12-4-1-10(8-18)2-5-12/h1-7,9,19H,(H,20,21). The first-order valence-corrected chi connectivity index (χ1v) is 6.25. The highest BCUT2D eigenvalue weighted by molar-refractivity contribution is 6.12. The van der Waals surface area contributed by atoms with Gasteiger partial charge in [-0.3, -0.25) is 4.79 Å². The number of rotatable bonds is 2. The van der Waals surface area contributed by atoms with Gasteiger partial charge in [0.15, 0.2) is 0 Å². The van der Waals surface area contributed by atoms with E-state index in [1.54, 1.807) is 36.5 Å². The molecule has 0 bridgehead atoms. The van der Waals surface area contributed by atoms with E-state index < -0.39 is 0 Å². The van der Waals surface area contributed by atoms with Crippen LogP contribution in [0.5, 0.6) is 0 Å². The lowest BCUT2D eigenvalue weighted by molar-refractivity contribution is 0.102. The lowest BCUT2D eigenvalue weighted by Crippen LogP contribution is -2.11. The van der Waals surface area contributed by atoms with Crippen molar-refractivity contribution in [2.24, 2.45) is 0 Å². The SMILES string of the molecule is N#Cc1ccc(NC(=O)c2c[nH]c3cc(F)ccc23)cc1. The number of amides is 1. The number of nitrogens with zero attached hydrogens (tertiary/aromatic N) is 1. The quantitative estimate of drug-likeness (QED) is 0.754. The average Bonchev–Trinajstić information content (AvgIpc) is 2.91. The topological polar surface area (TPSA) is 68.7 Å². The second-order valence-corrected chi connectivity index (χ2v) is 4.54. The van der Waals surface area contributed by atoms with Crippen LogP contribution in [-0.2, 0) is 0 Å². The normalized spacial score (nSPS) is 10.3. The van der Waals surface area contributed by atoms with E-state index in [0.29, 0.717) is 27.7 Å². The maximum atomic E-state index is 13.1. The van der Waals surface area contributed by atoms with E-state index in [-0.39, 0.29) is 11.7 Å². The summed E-state index contributed by atoms with van der Waals surface area (Å²) in [5, 5.41) is 12.1. The van der Waals surface area contributed by atoms with Gasteiger partial charge < -0.3 is 10.3 Å². The number of anilines is 1. The van der Waals surface area contributed by atoms with Crippen LogP contribution in [0.2, 0.25) is 0 Å². The molecule has 3 rings (SSSR count). The zero-order valence-corrected chi connectivity index (χ0v) is 10.9. The number of carbonyl (C=O) groups is 1. The fraction of sp³-hybridized carbons (Fsp3) is 0. The molecule has 2 N–H and O–H groups in total. The van der Waals surface area contributed by atoms with Crippen LogP contribution in [0.3, 0.4) is 0 Å². The Morgan fingerprint density at radius 2 is 1.95 bits per heavy atom. The van der Waals surface area contributed by atoms with Crippen LogP contribution < -0.4 is 5.32 Å². The molecule has 5 heteroatoms. The van der Waals surface area contributed by atoms with Crippen LogP contribution in [0.4, 0.5) is 10.1 Å². The first-order chi connectivity index (χ1) is 10.2. The van der Waals surface area contributed by atoms with E-state index >= 15 is 0 Å². The Morgan fingerprint density at radius 1 is 1.19 bits per heavy atom. The third kappa shape index (κ3) is 2.47. The molecule has 21 heavy (non-hydrogen) atoms. The van der Waals surface area contributed by atoms with Gasteiger partial charge in [0.2, 0.25) is 0 Å². The summed E-state index contributed by atoms with van der Waals surface area (Å²) in [6, 6.07) is 12.8. The van der Waals surface area contributed by atoms with Crippen molar-refractivity contribution in [3.63, 3.8) is 0 Å². The molecule has 1 aromatic heterocycles. The van der Waals surface area contributed by atoms with Gasteiger partial charge in [0.25, 0.3) is 5.91 Å². The number of benzene rings is 2. The average molecular weight is 279 g/mol. The Bertz CT molecular complexity index is 859. The van der Waals surface area contributed by atoms with Crippen LogP contribution >= 0.6 is 0 Å². The molecule has 0 saturated carbocycles. The Morgan fingerprint density at radius 3 is 2.67 bits per heavy atom. The van der Waals surface area contributed by atoms with Crippen LogP contribution in [0.1, 0.15) is 15.9 Å². The van der Waals surface area contributed by atoms with E-state index in [0.717, 1.165) is 0 Å². The first kappa shape index (κ1) is 12.9. The highest BCUT2D eigenvalue weighted by Gasteiger charge is 2.12. The summed E-state index contributed by atoms with van der Waals surface area (Å²) >= 11 is 0. The van der Waals surface area contributed by atoms with Crippen molar-refractivity contribution in [2.75, 3.05) is 5.32 Å². The van der Waals surface area contributed by atoms with Gasteiger partial charge in [-0.1, -0.05) is 0 Å². The molecule has 1 heterocycles. The zero-order chi connectivity index (χ0) is 14.8. The van der Waals surface area contributed by atoms with E-state index in [4.69, 9.17) is 5.26 Å². The van der Waals surface area contributed by atoms with Gasteiger partial charge in [-0.05, 0) is 42.5 Å². The minimum Gasteiger partial charge on any atom is -0.360 e. The Labute approximate surface area is 119 Å². The summed E-state index contributed by atoms with van der Waals surface area (Å²) in [6.07, 6.45) is 1.54. The lowest BCUT2D eigenvalue weighted by Gasteiger charge is -2.04. The fourth-order valence-corrected chi connectivity index (χ4v) is 2.11. The number of hydrogen-bond donors (Lipinski definition) is 2. The minimum atomic E-state index is -0.358. The highest BCUT2D eigenvalue weighted by atomic mass is 19.1. The molecule has 0 unspecified atom stereocenters. The third-order valence-electron chi connectivity index (χ3n) is 3.16. The Kier molecular flexibility index (Phi) is 3.13. The van der Waals surface area contributed by atoms with E-state index in [9.17, 15) is 9.18 Å². The van der Waals surface area contributed by atoms with Gasteiger partial charge in [-0.25, -0.2) is 4.39 Å². The van der Waals surface area contributed by atoms with Crippen molar-refractivity contribution in [3.05, 3.63) is 65.6 Å². The third-order valence-corrected chi connectivity index (χ3v) is 3.16. The van der Waals surface area contributed by atoms with Gasteiger partial charge in [-0.2, -0.15) is 5.26 Å². The van der Waals surface area contributed by atoms with Crippen molar-refractivity contribution in [1.29, 1.82) is 5.26 Å². The van der Waals surface area contributed by atoms with Crippen LogP contribution in [0.15, 0.2) is 48.7 Å². The number of carbonyl (C=O) groups excluding carboxylic acids is 1. The maximum Gasteiger partial charge on any atom is 0.257 e. The number of nitriles is 1. The molecule has 102 valence electrons. The second-order valence-electron chi connectivity index (χ2n) is 4.54. The first-order valence-electron chi connectivity index (χ1n) is 6.25. The number of aromatic nitrogens is 1. The van der Waals surface area contributed by atoms with Crippen molar-refractivity contribution in [3.8, 4) is 6.07 Å². The summed E-state index contributed by atoms with van der Waals surface area (Å²) in [5.41, 5.74) is 2.13. The van der Waals surface area contributed by atoms with Gasteiger partial charge in [0.05, 0.1) is 17.2 Å². The van der Waals surface area contributed by atoms with Crippen LogP contribution in [0.25, 0.3) is 10.9 Å². The predicted octanol–water partition coefficient (Wildman–Crippen LogP) is 3.43. The minimum absolute atomic E-state index is 0.294. The number of nitrogens with one attached hydrogen (secondary N) is 2. The van der Waals surface area contributed by atoms with Gasteiger partial charge in [0, 0.05) is 22.8 Å². The Balaban J connectivity index is 1.88. The zero-order valence-electron chi connectivity index (χ0n) is 10.9. The predicted molar refractivity (Wildman–Crippen MR) is 77.4 cm³/mol. The molecular weight excluding hydrogens is 269 g/mol. The van der Waals surface area contributed by atoms with E-state index in [1.807, 2.05) is 6.07 Å². The summed E-state index contributed by atoms with van der Waals surface area (Å²) in [6.45, 7) is 0. The summed E-state index contributed by atoms with van der Waals surface area (Å²) in [4.78, 5) is 15.1. The molecule has 0 spiro atoms. The molecule has 1 amide bonds. The molecule has 0 atom stereocenters. The molecule has 0 saturated heterocycles. The molecule has 4 nitrogen and oxygen atoms in total. The smallest absolute Gasteiger partial charge is 0.257 e. The number of aromatic amines is 1. The fourth-order valence-electron chi connectivity index (χ4n) is 2.11. The molecule has 0 radical (unpaired) electrons. The largest absolute Gasteiger partial charge is 0.360 e. The monoisotopic (exact) mass is 279 g/mol. The van der Waals surface area contributed by atoms with Crippen molar-refractivity contribution in [2.45, 2.75) is 0 Å². The van der Waals surface area contributed by atoms with E-state index in [1.165, 1.54) is 12.1 Å². The van der Waals surface area contributed by atoms with Gasteiger partial charge >= 0.3 is 0 Å². The summed E-state index contributed by atoms with van der Waals surface area (Å²) in [7, 11) is 0. The number of hydrogen-bond acceptors (Lipinski definition) is 2. The molecule has 0 aliphatic heterocycles. The molecule has 0 fully saturated rings. The summed E-state index contributed by atoms with van der Waals surface area (Å²) in [5.74, 6) is -0.652. The number of fused-ring (bicyclic) bond motifs is 1. The maximum absolute atomic E-state index is 13.1. The lowest BCUT2D eigenvalue weighted by atomic mass is 10.1. The van der Waals surface area contributed by atoms with Crippen LogP contribution in [-0.4, -0.2) is 10.9 Å². The van der Waals surface area contributed by atoms with Crippen molar-refractivity contribution >= 4 is 22.5 Å². The second kappa shape index (κ2) is 5.10. The van der Waals surface area contributed by atoms with Gasteiger partial charge in [-0.15, -0.1) is 0 Å². The van der Waals surface area contributed by atoms with Gasteiger partial charge in [0.1, 0.15) is 5.82 Å². The number of H-pyrrole nitrogens is 1. The summed E-state index contributed by atoms with van der Waals surface area (Å²) < 4.78 is 13.1. The molecule has 2 aromatic carbocycles. The molecule has 0 aliphatic rings. The molecular formula is C16H10FN3O. The van der Waals surface area contributed by atoms with Crippen molar-refractivity contribution < 1.29 is 9.18 Å². The highest BCUT2D eigenvalue weighted by Crippen LogP contribution is 2.20. The van der Waals surface area contributed by atoms with Crippen molar-refractivity contribution in [1.82, 2.24) is 4.98 Å². The molecule has 0 aliphatic carbocycles. The van der Waals surface area contributed by atoms with Crippen LogP contribution in [0, 0.1) is 17.1 Å². The van der Waals surface area contributed by atoms with E-state index in [2.05, 4.69) is 10.3 Å². The number of halogens is 1. The Hall–Kier alpha value is -3.13.